The van der Waals surface area contributed by atoms with Gasteiger partial charge in [-0.15, -0.1) is 26.2 Å². The summed E-state index contributed by atoms with van der Waals surface area (Å²) in [7, 11) is 0. The molecule has 4 nitrogen and oxygen atoms in total. The molecule has 0 unspecified atom stereocenters. The van der Waals surface area contributed by atoms with E-state index in [2.05, 4.69) is 10.6 Å². The van der Waals surface area contributed by atoms with Gasteiger partial charge >= 0.3 is 21.1 Å². The van der Waals surface area contributed by atoms with Crippen LogP contribution in [-0.2, 0) is 30.5 Å². The topological polar surface area (TPSA) is 46.7 Å². The first-order valence-corrected chi connectivity index (χ1v) is 4.42. The van der Waals surface area contributed by atoms with Crippen LogP contribution in [0, 0.1) is 0 Å². The van der Waals surface area contributed by atoms with Crippen molar-refractivity contribution in [1.29, 1.82) is 0 Å². The van der Waals surface area contributed by atoms with Crippen molar-refractivity contribution in [2.24, 2.45) is 0 Å². The molecule has 0 spiro atoms. The SMILES string of the molecule is C1COCC[N-]1.C1COCC[N-]1.[Pt+4]. The zero-order valence-corrected chi connectivity index (χ0v) is 9.96. The van der Waals surface area contributed by atoms with Crippen molar-refractivity contribution in [1.82, 2.24) is 0 Å². The van der Waals surface area contributed by atoms with Crippen LogP contribution in [0.5, 0.6) is 0 Å². The van der Waals surface area contributed by atoms with Gasteiger partial charge in [-0.2, -0.15) is 0 Å². The molecule has 2 fully saturated rings. The molecule has 0 radical (unpaired) electrons. The Morgan fingerprint density at radius 3 is 1.00 bits per heavy atom. The molecule has 0 atom stereocenters. The van der Waals surface area contributed by atoms with E-state index in [9.17, 15) is 0 Å². The standard InChI is InChI=1S/2C4H8NO.Pt/c2*1-3-6-4-2-5-1;/h2*1-4H2;/q2*-1;+4. The van der Waals surface area contributed by atoms with Crippen LogP contribution in [0.1, 0.15) is 0 Å². The van der Waals surface area contributed by atoms with Gasteiger partial charge in [-0.25, -0.2) is 0 Å². The number of ether oxygens (including phenoxy) is 2. The zero-order chi connectivity index (χ0) is 8.49. The number of rotatable bonds is 0. The van der Waals surface area contributed by atoms with Crippen molar-refractivity contribution in [3.05, 3.63) is 10.6 Å². The molecule has 2 saturated heterocycles. The van der Waals surface area contributed by atoms with Crippen molar-refractivity contribution < 1.29 is 30.5 Å². The molecule has 2 rings (SSSR count). The van der Waals surface area contributed by atoms with Crippen molar-refractivity contribution in [2.75, 3.05) is 52.6 Å². The Balaban J connectivity index is 0.000000206. The molecular weight excluding hydrogens is 351 g/mol. The van der Waals surface area contributed by atoms with Crippen molar-refractivity contribution in [3.8, 4) is 0 Å². The molecule has 78 valence electrons. The van der Waals surface area contributed by atoms with Crippen LogP contribution in [0.25, 0.3) is 10.6 Å². The summed E-state index contributed by atoms with van der Waals surface area (Å²) < 4.78 is 9.95. The van der Waals surface area contributed by atoms with Crippen LogP contribution >= 0.6 is 0 Å². The van der Waals surface area contributed by atoms with Crippen LogP contribution < -0.4 is 0 Å². The normalized spacial score (nSPS) is 22.2. The molecule has 2 heterocycles. The minimum atomic E-state index is 0. The average molecular weight is 367 g/mol. The molecule has 0 saturated carbocycles. The van der Waals surface area contributed by atoms with Crippen molar-refractivity contribution >= 4 is 0 Å². The van der Waals surface area contributed by atoms with Gasteiger partial charge in [-0.1, -0.05) is 0 Å². The van der Waals surface area contributed by atoms with Crippen LogP contribution in [0.15, 0.2) is 0 Å². The Kier molecular flexibility index (Phi) is 11.0. The molecule has 0 N–H and O–H groups in total. The number of hydrogen-bond acceptors (Lipinski definition) is 2. The molecule has 0 aromatic heterocycles. The van der Waals surface area contributed by atoms with E-state index >= 15 is 0 Å². The molecule has 13 heavy (non-hydrogen) atoms. The fourth-order valence-electron chi connectivity index (χ4n) is 0.944. The van der Waals surface area contributed by atoms with Gasteiger partial charge in [0, 0.05) is 26.4 Å². The van der Waals surface area contributed by atoms with Crippen LogP contribution in [0.4, 0.5) is 0 Å². The Morgan fingerprint density at radius 2 is 0.923 bits per heavy atom. The van der Waals surface area contributed by atoms with Crippen LogP contribution in [-0.4, -0.2) is 52.6 Å². The van der Waals surface area contributed by atoms with Gasteiger partial charge in [0.15, 0.2) is 0 Å². The van der Waals surface area contributed by atoms with Crippen LogP contribution in [0.2, 0.25) is 0 Å². The van der Waals surface area contributed by atoms with E-state index in [-0.39, 0.29) is 21.1 Å². The van der Waals surface area contributed by atoms with Gasteiger partial charge in [-0.05, 0) is 0 Å². The third-order valence-electron chi connectivity index (χ3n) is 1.57. The summed E-state index contributed by atoms with van der Waals surface area (Å²) in [6, 6.07) is 0. The van der Waals surface area contributed by atoms with E-state index in [1.54, 1.807) is 0 Å². The summed E-state index contributed by atoms with van der Waals surface area (Å²) in [6.45, 7) is 6.94. The fraction of sp³-hybridized carbons (Fsp3) is 1.00. The summed E-state index contributed by atoms with van der Waals surface area (Å²) in [5.41, 5.74) is 0. The number of morpholine rings is 2. The maximum atomic E-state index is 4.98. The Labute approximate surface area is 94.0 Å². The Hall–Kier alpha value is 0.528. The molecule has 0 aliphatic carbocycles. The van der Waals surface area contributed by atoms with E-state index in [0.29, 0.717) is 0 Å². The molecule has 5 heteroatoms. The second-order valence-electron chi connectivity index (χ2n) is 2.57. The smallest absolute Gasteiger partial charge is 0.659 e. The third-order valence-corrected chi connectivity index (χ3v) is 1.57. The average Bonchev–Trinajstić information content (AvgIpc) is 2.24. The Bertz CT molecular complexity index is 63.1. The minimum absolute atomic E-state index is 0. The summed E-state index contributed by atoms with van der Waals surface area (Å²) >= 11 is 0. The van der Waals surface area contributed by atoms with E-state index in [1.165, 1.54) is 0 Å². The van der Waals surface area contributed by atoms with Crippen molar-refractivity contribution in [3.63, 3.8) is 0 Å². The summed E-state index contributed by atoms with van der Waals surface area (Å²) in [5.74, 6) is 0. The number of nitrogens with zero attached hydrogens (tertiary/aromatic N) is 2. The first-order valence-electron chi connectivity index (χ1n) is 4.42. The fourth-order valence-corrected chi connectivity index (χ4v) is 0.944. The maximum Gasteiger partial charge on any atom is 4.00 e. The summed E-state index contributed by atoms with van der Waals surface area (Å²) in [4.78, 5) is 0. The van der Waals surface area contributed by atoms with E-state index < -0.39 is 0 Å². The molecular formula is C8H16N2O2Pt+2. The monoisotopic (exact) mass is 367 g/mol. The van der Waals surface area contributed by atoms with Gasteiger partial charge in [0.1, 0.15) is 0 Å². The van der Waals surface area contributed by atoms with Crippen LogP contribution in [0.3, 0.4) is 0 Å². The molecule has 2 aliphatic rings. The predicted octanol–water partition coefficient (Wildman–Crippen LogP) is 0.778. The molecule has 0 amide bonds. The van der Waals surface area contributed by atoms with E-state index in [1.807, 2.05) is 0 Å². The van der Waals surface area contributed by atoms with Gasteiger partial charge in [0.05, 0.1) is 0 Å². The predicted molar refractivity (Wildman–Crippen MR) is 47.8 cm³/mol. The second kappa shape index (κ2) is 10.6. The first kappa shape index (κ1) is 13.5. The molecule has 2 aliphatic heterocycles. The van der Waals surface area contributed by atoms with Gasteiger partial charge in [0.25, 0.3) is 0 Å². The van der Waals surface area contributed by atoms with Gasteiger partial charge < -0.3 is 20.1 Å². The van der Waals surface area contributed by atoms with Gasteiger partial charge in [0.2, 0.25) is 0 Å². The second-order valence-corrected chi connectivity index (χ2v) is 2.57. The molecule has 0 bridgehead atoms. The largest absolute Gasteiger partial charge is 4.00 e. The third kappa shape index (κ3) is 8.85. The quantitative estimate of drug-likeness (QED) is 0.635. The minimum Gasteiger partial charge on any atom is -0.659 e. The van der Waals surface area contributed by atoms with E-state index in [4.69, 9.17) is 9.47 Å². The Morgan fingerprint density at radius 1 is 0.615 bits per heavy atom. The summed E-state index contributed by atoms with van der Waals surface area (Å²) in [6.07, 6.45) is 0. The first-order chi connectivity index (χ1) is 6.00. The molecule has 0 aromatic carbocycles. The van der Waals surface area contributed by atoms with E-state index in [0.717, 1.165) is 52.6 Å². The van der Waals surface area contributed by atoms with Crippen molar-refractivity contribution in [2.45, 2.75) is 0 Å². The number of hydrogen-bond donors (Lipinski definition) is 0. The maximum absolute atomic E-state index is 4.98. The summed E-state index contributed by atoms with van der Waals surface area (Å²) in [5, 5.41) is 8.10. The zero-order valence-electron chi connectivity index (χ0n) is 7.68. The van der Waals surface area contributed by atoms with Gasteiger partial charge in [-0.3, -0.25) is 0 Å². The molecule has 0 aromatic rings.